The number of ether oxygens (including phenoxy) is 3. The first-order chi connectivity index (χ1) is 20.4. The molecule has 1 aliphatic heterocycles. The molecule has 0 aromatic rings. The van der Waals surface area contributed by atoms with Crippen molar-refractivity contribution in [2.45, 2.75) is 156 Å². The molecule has 44 heavy (non-hydrogen) atoms. The summed E-state index contributed by atoms with van der Waals surface area (Å²) in [7, 11) is 1.57. The Labute approximate surface area is 265 Å². The van der Waals surface area contributed by atoms with Crippen molar-refractivity contribution in [3.8, 4) is 0 Å². The van der Waals surface area contributed by atoms with Crippen LogP contribution < -0.4 is 0 Å². The number of aliphatic hydroxyl groups is 3. The van der Waals surface area contributed by atoms with Gasteiger partial charge >= 0.3 is 5.97 Å². The van der Waals surface area contributed by atoms with Gasteiger partial charge in [0.1, 0.15) is 18.3 Å². The zero-order valence-electron chi connectivity index (χ0n) is 28.8. The minimum Gasteiger partial charge on any atom is -0.469 e. The van der Waals surface area contributed by atoms with Crippen LogP contribution >= 0.6 is 0 Å². The number of rotatable bonds is 3. The largest absolute Gasteiger partial charge is 0.469 e. The van der Waals surface area contributed by atoms with E-state index < -0.39 is 30.7 Å². The molecule has 0 bridgehead atoms. The van der Waals surface area contributed by atoms with Crippen LogP contribution in [0.25, 0.3) is 0 Å². The highest BCUT2D eigenvalue weighted by atomic mass is 16.7. The lowest BCUT2D eigenvalue weighted by molar-refractivity contribution is -0.324. The molecule has 0 unspecified atom stereocenters. The van der Waals surface area contributed by atoms with Crippen molar-refractivity contribution in [3.05, 3.63) is 11.6 Å². The lowest BCUT2D eigenvalue weighted by atomic mass is 9.33. The molecular formula is C37H60O7. The van der Waals surface area contributed by atoms with E-state index in [9.17, 15) is 20.1 Å². The minimum atomic E-state index is -1.29. The van der Waals surface area contributed by atoms with Gasteiger partial charge in [0.25, 0.3) is 0 Å². The average molecular weight is 617 g/mol. The molecule has 6 rings (SSSR count). The van der Waals surface area contributed by atoms with Crippen molar-refractivity contribution in [2.24, 2.45) is 50.2 Å². The van der Waals surface area contributed by atoms with Crippen molar-refractivity contribution < 1.29 is 34.3 Å². The molecule has 5 fully saturated rings. The number of methoxy groups -OCH3 is 1. The predicted octanol–water partition coefficient (Wildman–Crippen LogP) is 6.17. The fourth-order valence-electron chi connectivity index (χ4n) is 12.3. The SMILES string of the molecule is COC(=O)[C@]12CCC(C)(C)C[C@H]1C1=CC[C@@H]3[C@@]4(C)CC[C@H](O[C@H]5O[C@@H](C)[C@@H](O)[C@@H](O)[C@@H]5O)C(C)(C)[C@@H]4CC[C@@]3(C)[C@]1(C)CC2. The number of allylic oxidation sites excluding steroid dienone is 2. The van der Waals surface area contributed by atoms with Crippen LogP contribution in [0.3, 0.4) is 0 Å². The van der Waals surface area contributed by atoms with E-state index in [0.717, 1.165) is 64.2 Å². The van der Waals surface area contributed by atoms with Gasteiger partial charge in [-0.25, -0.2) is 0 Å². The molecule has 0 radical (unpaired) electrons. The van der Waals surface area contributed by atoms with Crippen LogP contribution in [-0.2, 0) is 19.0 Å². The third-order valence-electron chi connectivity index (χ3n) is 15.3. The average Bonchev–Trinajstić information content (AvgIpc) is 2.95. The van der Waals surface area contributed by atoms with E-state index >= 15 is 0 Å². The fourth-order valence-corrected chi connectivity index (χ4v) is 12.3. The second-order valence-electron chi connectivity index (χ2n) is 18.0. The van der Waals surface area contributed by atoms with Gasteiger partial charge in [0.15, 0.2) is 6.29 Å². The highest BCUT2D eigenvalue weighted by molar-refractivity contribution is 5.78. The van der Waals surface area contributed by atoms with E-state index in [4.69, 9.17) is 14.2 Å². The molecule has 0 amide bonds. The van der Waals surface area contributed by atoms with Crippen molar-refractivity contribution in [3.63, 3.8) is 0 Å². The second kappa shape index (κ2) is 10.5. The number of hydrogen-bond donors (Lipinski definition) is 3. The maximum atomic E-state index is 13.5. The zero-order chi connectivity index (χ0) is 32.3. The molecule has 7 heteroatoms. The highest BCUT2D eigenvalue weighted by Gasteiger charge is 2.69. The van der Waals surface area contributed by atoms with E-state index in [1.807, 2.05) is 0 Å². The monoisotopic (exact) mass is 616 g/mol. The molecule has 13 atom stereocenters. The Morgan fingerprint density at radius 3 is 2.23 bits per heavy atom. The molecule has 0 aromatic heterocycles. The van der Waals surface area contributed by atoms with E-state index in [1.165, 1.54) is 0 Å². The summed E-state index contributed by atoms with van der Waals surface area (Å²) >= 11 is 0. The van der Waals surface area contributed by atoms with Crippen LogP contribution in [-0.4, -0.2) is 65.2 Å². The summed E-state index contributed by atoms with van der Waals surface area (Å²) in [6.45, 7) is 18.8. The van der Waals surface area contributed by atoms with Gasteiger partial charge < -0.3 is 29.5 Å². The van der Waals surface area contributed by atoms with Gasteiger partial charge in [-0.2, -0.15) is 0 Å². The lowest BCUT2D eigenvalue weighted by Gasteiger charge is -2.71. The summed E-state index contributed by atoms with van der Waals surface area (Å²) < 4.78 is 17.9. The maximum Gasteiger partial charge on any atom is 0.312 e. The van der Waals surface area contributed by atoms with Gasteiger partial charge in [0.2, 0.25) is 0 Å². The predicted molar refractivity (Wildman–Crippen MR) is 168 cm³/mol. The second-order valence-corrected chi connectivity index (χ2v) is 18.0. The van der Waals surface area contributed by atoms with Crippen LogP contribution in [0.2, 0.25) is 0 Å². The molecule has 0 aromatic carbocycles. The molecule has 1 heterocycles. The van der Waals surface area contributed by atoms with Crippen LogP contribution in [0.4, 0.5) is 0 Å². The quantitative estimate of drug-likeness (QED) is 0.198. The van der Waals surface area contributed by atoms with Gasteiger partial charge in [0, 0.05) is 0 Å². The smallest absolute Gasteiger partial charge is 0.312 e. The number of aliphatic hydroxyl groups excluding tert-OH is 3. The van der Waals surface area contributed by atoms with Gasteiger partial charge in [0.05, 0.1) is 24.7 Å². The summed E-state index contributed by atoms with van der Waals surface area (Å²) in [6.07, 6.45) is 7.42. The van der Waals surface area contributed by atoms with Crippen molar-refractivity contribution >= 4 is 5.97 Å². The van der Waals surface area contributed by atoms with Crippen molar-refractivity contribution in [2.75, 3.05) is 7.11 Å². The van der Waals surface area contributed by atoms with Crippen molar-refractivity contribution in [1.82, 2.24) is 0 Å². The molecule has 4 saturated carbocycles. The Kier molecular flexibility index (Phi) is 7.86. The van der Waals surface area contributed by atoms with E-state index in [-0.39, 0.29) is 50.5 Å². The standard InChI is InChI=1S/C37H60O7/c1-21-27(38)28(39)29(40)30(43-21)44-26-13-14-34(6)24(33(26,4)5)12-15-36(8)25(34)11-10-22-23-20-32(2,3)16-18-37(23,31(41)42-9)19-17-35(22,36)7/h10,21,23-30,38-40H,11-20H2,1-9H3/t21-,23-,24-,25+,26-,27+,28+,29-,30+,34-,35+,36+,37-/m0/s1. The third kappa shape index (κ3) is 4.41. The summed E-state index contributed by atoms with van der Waals surface area (Å²) in [6, 6.07) is 0. The van der Waals surface area contributed by atoms with E-state index in [0.29, 0.717) is 11.8 Å². The minimum absolute atomic E-state index is 0.00690. The molecule has 0 spiro atoms. The molecule has 5 aliphatic carbocycles. The highest BCUT2D eigenvalue weighted by Crippen LogP contribution is 2.76. The van der Waals surface area contributed by atoms with Gasteiger partial charge in [-0.3, -0.25) is 4.79 Å². The molecule has 250 valence electrons. The summed E-state index contributed by atoms with van der Waals surface area (Å²) in [5, 5.41) is 31.3. The number of carbonyl (C=O) groups is 1. The Morgan fingerprint density at radius 2 is 1.55 bits per heavy atom. The van der Waals surface area contributed by atoms with Gasteiger partial charge in [-0.15, -0.1) is 0 Å². The summed E-state index contributed by atoms with van der Waals surface area (Å²) in [4.78, 5) is 13.5. The summed E-state index contributed by atoms with van der Waals surface area (Å²) in [5.41, 5.74) is 1.53. The number of esters is 1. The van der Waals surface area contributed by atoms with E-state index in [2.05, 4.69) is 54.5 Å². The fraction of sp³-hybridized carbons (Fsp3) is 0.919. The van der Waals surface area contributed by atoms with Crippen LogP contribution in [0, 0.1) is 50.2 Å². The normalized spacial score (nSPS) is 52.8. The van der Waals surface area contributed by atoms with E-state index in [1.54, 1.807) is 19.6 Å². The Morgan fingerprint density at radius 1 is 0.864 bits per heavy atom. The first kappa shape index (κ1) is 32.9. The number of carbonyl (C=O) groups excluding carboxylic acids is 1. The van der Waals surface area contributed by atoms with Crippen LogP contribution in [0.5, 0.6) is 0 Å². The van der Waals surface area contributed by atoms with Gasteiger partial charge in [-0.05, 0) is 116 Å². The number of fused-ring (bicyclic) bond motifs is 7. The lowest BCUT2D eigenvalue weighted by Crippen LogP contribution is -2.66. The molecule has 6 aliphatic rings. The molecular weight excluding hydrogens is 556 g/mol. The topological polar surface area (TPSA) is 105 Å². The zero-order valence-corrected chi connectivity index (χ0v) is 28.8. The Hall–Kier alpha value is -0.990. The first-order valence-corrected chi connectivity index (χ1v) is 17.5. The summed E-state index contributed by atoms with van der Waals surface area (Å²) in [5.74, 6) is 1.22. The Bertz CT molecular complexity index is 1180. The first-order valence-electron chi connectivity index (χ1n) is 17.5. The maximum absolute atomic E-state index is 13.5. The van der Waals surface area contributed by atoms with Crippen molar-refractivity contribution in [1.29, 1.82) is 0 Å². The third-order valence-corrected chi connectivity index (χ3v) is 15.3. The Balaban J connectivity index is 1.30. The van der Waals surface area contributed by atoms with Gasteiger partial charge in [-0.1, -0.05) is 60.1 Å². The number of hydrogen-bond acceptors (Lipinski definition) is 7. The molecule has 1 saturated heterocycles. The molecule has 3 N–H and O–H groups in total. The molecule has 7 nitrogen and oxygen atoms in total. The van der Waals surface area contributed by atoms with Crippen LogP contribution in [0.1, 0.15) is 120 Å². The van der Waals surface area contributed by atoms with Crippen LogP contribution in [0.15, 0.2) is 11.6 Å².